The Labute approximate surface area is 160 Å². The second kappa shape index (κ2) is 6.59. The minimum atomic E-state index is -3.14. The zero-order valence-electron chi connectivity index (χ0n) is 15.8. The summed E-state index contributed by atoms with van der Waals surface area (Å²) in [6.45, 7) is 5.49. The molecule has 7 nitrogen and oxygen atoms in total. The molecule has 4 rings (SSSR count). The number of aryl methyl sites for hydroxylation is 1. The maximum absolute atomic E-state index is 13.9. The van der Waals surface area contributed by atoms with Crippen LogP contribution in [-0.4, -0.2) is 38.5 Å². The fourth-order valence-electron chi connectivity index (χ4n) is 3.28. The van der Waals surface area contributed by atoms with Gasteiger partial charge in [-0.15, -0.1) is 0 Å². The van der Waals surface area contributed by atoms with E-state index >= 15 is 0 Å². The number of fused-ring (bicyclic) bond motifs is 1. The van der Waals surface area contributed by atoms with Crippen LogP contribution in [0, 0.1) is 6.92 Å². The summed E-state index contributed by atoms with van der Waals surface area (Å²) in [5, 5.41) is 6.68. The van der Waals surface area contributed by atoms with Crippen molar-refractivity contribution in [2.45, 2.75) is 32.7 Å². The maximum atomic E-state index is 13.9. The number of hydrogen-bond acceptors (Lipinski definition) is 5. The minimum Gasteiger partial charge on any atom is -0.340 e. The SMILES string of the molecule is CC(=O)Nc1cc2c(-c3cc(C)nc(C(C)(F)F)n3)cn(C3CNC3)c2cn1. The van der Waals surface area contributed by atoms with Gasteiger partial charge in [0.25, 0.3) is 0 Å². The van der Waals surface area contributed by atoms with Crippen LogP contribution in [0.25, 0.3) is 22.2 Å². The Morgan fingerprint density at radius 2 is 2.07 bits per heavy atom. The summed E-state index contributed by atoms with van der Waals surface area (Å²) >= 11 is 0. The van der Waals surface area contributed by atoms with Crippen molar-refractivity contribution < 1.29 is 13.6 Å². The number of carbonyl (C=O) groups excluding carboxylic acids is 1. The highest BCUT2D eigenvalue weighted by Crippen LogP contribution is 2.35. The molecule has 0 radical (unpaired) electrons. The van der Waals surface area contributed by atoms with E-state index in [-0.39, 0.29) is 11.9 Å². The third-order valence-electron chi connectivity index (χ3n) is 4.70. The minimum absolute atomic E-state index is 0.234. The van der Waals surface area contributed by atoms with Crippen LogP contribution in [0.1, 0.15) is 31.4 Å². The largest absolute Gasteiger partial charge is 0.340 e. The Morgan fingerprint density at radius 1 is 1.32 bits per heavy atom. The average Bonchev–Trinajstić information content (AvgIpc) is 2.90. The van der Waals surface area contributed by atoms with E-state index in [4.69, 9.17) is 0 Å². The van der Waals surface area contributed by atoms with E-state index in [2.05, 4.69) is 30.2 Å². The van der Waals surface area contributed by atoms with Gasteiger partial charge in [0.2, 0.25) is 5.91 Å². The van der Waals surface area contributed by atoms with E-state index < -0.39 is 11.7 Å². The number of nitrogens with one attached hydrogen (secondary N) is 2. The van der Waals surface area contributed by atoms with E-state index in [1.807, 2.05) is 6.20 Å². The number of halogens is 2. The Kier molecular flexibility index (Phi) is 4.34. The fraction of sp³-hybridized carbons (Fsp3) is 0.368. The van der Waals surface area contributed by atoms with Gasteiger partial charge in [0.15, 0.2) is 5.82 Å². The molecule has 3 aromatic heterocycles. The van der Waals surface area contributed by atoms with E-state index in [9.17, 15) is 13.6 Å². The zero-order valence-corrected chi connectivity index (χ0v) is 15.8. The number of alkyl halides is 2. The highest BCUT2D eigenvalue weighted by molar-refractivity contribution is 5.98. The quantitative estimate of drug-likeness (QED) is 0.720. The van der Waals surface area contributed by atoms with Crippen molar-refractivity contribution in [3.8, 4) is 11.3 Å². The van der Waals surface area contributed by atoms with Crippen LogP contribution in [0.2, 0.25) is 0 Å². The van der Waals surface area contributed by atoms with Crippen LogP contribution < -0.4 is 10.6 Å². The number of rotatable bonds is 4. The van der Waals surface area contributed by atoms with Crippen molar-refractivity contribution in [3.63, 3.8) is 0 Å². The van der Waals surface area contributed by atoms with E-state index in [1.54, 1.807) is 25.3 Å². The lowest BCUT2D eigenvalue weighted by atomic mass is 10.1. The first-order valence-electron chi connectivity index (χ1n) is 8.95. The molecule has 28 heavy (non-hydrogen) atoms. The predicted molar refractivity (Wildman–Crippen MR) is 101 cm³/mol. The topological polar surface area (TPSA) is 84.7 Å². The van der Waals surface area contributed by atoms with Gasteiger partial charge >= 0.3 is 5.92 Å². The van der Waals surface area contributed by atoms with Crippen LogP contribution >= 0.6 is 0 Å². The van der Waals surface area contributed by atoms with Crippen LogP contribution in [0.4, 0.5) is 14.6 Å². The molecule has 0 unspecified atom stereocenters. The number of amides is 1. The summed E-state index contributed by atoms with van der Waals surface area (Å²) in [7, 11) is 0. The molecule has 0 saturated carbocycles. The summed E-state index contributed by atoms with van der Waals surface area (Å²) in [6.07, 6.45) is 3.60. The van der Waals surface area contributed by atoms with Crippen LogP contribution in [0.3, 0.4) is 0 Å². The number of carbonyl (C=O) groups is 1. The molecule has 0 aromatic carbocycles. The van der Waals surface area contributed by atoms with Crippen LogP contribution in [0.15, 0.2) is 24.5 Å². The summed E-state index contributed by atoms with van der Waals surface area (Å²) in [6, 6.07) is 3.68. The highest BCUT2D eigenvalue weighted by Gasteiger charge is 2.30. The van der Waals surface area contributed by atoms with Gasteiger partial charge in [-0.2, -0.15) is 8.78 Å². The number of nitrogens with zero attached hydrogens (tertiary/aromatic N) is 4. The highest BCUT2D eigenvalue weighted by atomic mass is 19.3. The summed E-state index contributed by atoms with van der Waals surface area (Å²) in [4.78, 5) is 23.7. The van der Waals surface area contributed by atoms with Crippen molar-refractivity contribution >= 4 is 22.6 Å². The first kappa shape index (κ1) is 18.4. The van der Waals surface area contributed by atoms with Gasteiger partial charge in [0.05, 0.1) is 23.4 Å². The van der Waals surface area contributed by atoms with Gasteiger partial charge < -0.3 is 15.2 Å². The monoisotopic (exact) mass is 386 g/mol. The predicted octanol–water partition coefficient (Wildman–Crippen LogP) is 3.02. The molecule has 9 heteroatoms. The van der Waals surface area contributed by atoms with Gasteiger partial charge in [0.1, 0.15) is 5.82 Å². The molecule has 1 fully saturated rings. The lowest BCUT2D eigenvalue weighted by Crippen LogP contribution is -2.43. The van der Waals surface area contributed by atoms with Gasteiger partial charge in [-0.25, -0.2) is 15.0 Å². The van der Waals surface area contributed by atoms with Crippen LogP contribution in [0.5, 0.6) is 0 Å². The molecular weight excluding hydrogens is 366 g/mol. The molecule has 3 aromatic rings. The van der Waals surface area contributed by atoms with Gasteiger partial charge in [-0.3, -0.25) is 4.79 Å². The Bertz CT molecular complexity index is 1070. The van der Waals surface area contributed by atoms with E-state index in [0.29, 0.717) is 22.8 Å². The normalized spacial score (nSPS) is 14.9. The molecular formula is C19H20F2N6O. The summed E-state index contributed by atoms with van der Waals surface area (Å²) in [5.74, 6) is -3.48. The Morgan fingerprint density at radius 3 is 2.68 bits per heavy atom. The van der Waals surface area contributed by atoms with Gasteiger partial charge in [0, 0.05) is 49.8 Å². The molecule has 1 amide bonds. The van der Waals surface area contributed by atoms with Crippen LogP contribution in [-0.2, 0) is 10.7 Å². The maximum Gasteiger partial charge on any atom is 0.303 e. The molecule has 1 aliphatic rings. The summed E-state index contributed by atoms with van der Waals surface area (Å²) in [5.41, 5.74) is 2.44. The Balaban J connectivity index is 1.92. The van der Waals surface area contributed by atoms with Gasteiger partial charge in [-0.05, 0) is 19.1 Å². The van der Waals surface area contributed by atoms with Crippen molar-refractivity contribution in [2.75, 3.05) is 18.4 Å². The number of aromatic nitrogens is 4. The third-order valence-corrected chi connectivity index (χ3v) is 4.70. The molecule has 146 valence electrons. The molecule has 4 heterocycles. The average molecular weight is 386 g/mol. The standard InChI is InChI=1S/C19H20F2N6O/c1-10-4-15(26-18(24-10)19(3,20)21)14-9-27(12-6-22-7-12)16-8-23-17(5-13(14)16)25-11(2)28/h4-5,8-9,12,22H,6-7H2,1-3H3,(H,23,25,28). The van der Waals surface area contributed by atoms with Crippen molar-refractivity contribution in [2.24, 2.45) is 0 Å². The lowest BCUT2D eigenvalue weighted by molar-refractivity contribution is -0.114. The molecule has 0 aliphatic carbocycles. The molecule has 1 saturated heterocycles. The molecule has 0 spiro atoms. The fourth-order valence-corrected chi connectivity index (χ4v) is 3.28. The lowest BCUT2D eigenvalue weighted by Gasteiger charge is -2.29. The second-order valence-corrected chi connectivity index (χ2v) is 7.14. The first-order chi connectivity index (χ1) is 13.2. The summed E-state index contributed by atoms with van der Waals surface area (Å²) < 4.78 is 29.8. The molecule has 1 aliphatic heterocycles. The number of anilines is 1. The Hall–Kier alpha value is -2.94. The van der Waals surface area contributed by atoms with E-state index in [0.717, 1.165) is 30.9 Å². The smallest absolute Gasteiger partial charge is 0.303 e. The van der Waals surface area contributed by atoms with Crippen molar-refractivity contribution in [3.05, 3.63) is 36.0 Å². The molecule has 2 N–H and O–H groups in total. The molecule has 0 bridgehead atoms. The second-order valence-electron chi connectivity index (χ2n) is 7.14. The van der Waals surface area contributed by atoms with E-state index in [1.165, 1.54) is 6.92 Å². The third kappa shape index (κ3) is 3.33. The number of pyridine rings is 1. The zero-order chi connectivity index (χ0) is 20.1. The van der Waals surface area contributed by atoms with Crippen molar-refractivity contribution in [1.82, 2.24) is 24.8 Å². The number of hydrogen-bond donors (Lipinski definition) is 2. The first-order valence-corrected chi connectivity index (χ1v) is 8.95. The molecule has 0 atom stereocenters. The van der Waals surface area contributed by atoms with Gasteiger partial charge in [-0.1, -0.05) is 0 Å². The van der Waals surface area contributed by atoms with Crippen molar-refractivity contribution in [1.29, 1.82) is 0 Å².